The molecular weight excluding hydrogens is 366 g/mol. The van der Waals surface area contributed by atoms with Gasteiger partial charge in [-0.05, 0) is 41.5 Å². The lowest BCUT2D eigenvalue weighted by molar-refractivity contribution is -0.129. The van der Waals surface area contributed by atoms with Crippen LogP contribution in [0.3, 0.4) is 0 Å². The molecule has 0 aromatic heterocycles. The molecule has 0 bridgehead atoms. The van der Waals surface area contributed by atoms with Crippen LogP contribution >= 0.6 is 0 Å². The van der Waals surface area contributed by atoms with Gasteiger partial charge in [-0.3, -0.25) is 4.79 Å². The monoisotopic (exact) mass is 385 g/mol. The maximum Gasteiger partial charge on any atom is 0.273 e. The molecule has 0 aliphatic carbocycles. The second-order valence-electron chi connectivity index (χ2n) is 6.17. The quantitative estimate of drug-likeness (QED) is 0.482. The molecule has 3 rings (SSSR count). The van der Waals surface area contributed by atoms with Crippen molar-refractivity contribution in [2.75, 3.05) is 0 Å². The van der Waals surface area contributed by atoms with Gasteiger partial charge in [-0.1, -0.05) is 48.5 Å². The summed E-state index contributed by atoms with van der Waals surface area (Å²) in [6.45, 7) is 0.296. The molecule has 0 aliphatic rings. The van der Waals surface area contributed by atoms with Gasteiger partial charge in [0.05, 0.1) is 17.8 Å². The molecule has 0 saturated heterocycles. The number of nitriles is 1. The molecule has 1 amide bonds. The van der Waals surface area contributed by atoms with Gasteiger partial charge >= 0.3 is 0 Å². The Labute approximate surface area is 168 Å². The second kappa shape index (κ2) is 9.83. The maximum atomic E-state index is 11.9. The number of hydrogen-bond donors (Lipinski definition) is 2. The van der Waals surface area contributed by atoms with E-state index < -0.39 is 12.0 Å². The van der Waals surface area contributed by atoms with Crippen molar-refractivity contribution < 1.29 is 14.6 Å². The highest BCUT2D eigenvalue weighted by atomic mass is 16.5. The van der Waals surface area contributed by atoms with E-state index in [4.69, 9.17) is 10.00 Å². The van der Waals surface area contributed by atoms with Crippen molar-refractivity contribution in [1.29, 1.82) is 5.26 Å². The molecule has 0 saturated carbocycles. The Morgan fingerprint density at radius 2 is 1.76 bits per heavy atom. The van der Waals surface area contributed by atoms with Crippen LogP contribution in [0, 0.1) is 11.3 Å². The Kier molecular flexibility index (Phi) is 6.71. The third-order valence-corrected chi connectivity index (χ3v) is 4.16. The van der Waals surface area contributed by atoms with E-state index in [1.54, 1.807) is 54.6 Å². The smallest absolute Gasteiger partial charge is 0.273 e. The Balaban J connectivity index is 1.52. The molecule has 144 valence electrons. The van der Waals surface area contributed by atoms with Crippen molar-refractivity contribution in [2.24, 2.45) is 5.10 Å². The third kappa shape index (κ3) is 5.51. The highest BCUT2D eigenvalue weighted by Gasteiger charge is 2.15. The molecule has 3 aromatic carbocycles. The van der Waals surface area contributed by atoms with Crippen LogP contribution < -0.4 is 10.2 Å². The molecule has 3 aromatic rings. The van der Waals surface area contributed by atoms with Crippen LogP contribution in [0.2, 0.25) is 0 Å². The summed E-state index contributed by atoms with van der Waals surface area (Å²) in [5, 5.41) is 23.0. The van der Waals surface area contributed by atoms with E-state index in [1.807, 2.05) is 24.3 Å². The van der Waals surface area contributed by atoms with E-state index in [1.165, 1.54) is 6.21 Å². The summed E-state index contributed by atoms with van der Waals surface area (Å²) in [5.41, 5.74) is 4.98. The molecule has 1 atom stereocenters. The molecule has 6 nitrogen and oxygen atoms in total. The molecule has 0 aliphatic heterocycles. The molecule has 0 heterocycles. The first kappa shape index (κ1) is 19.8. The van der Waals surface area contributed by atoms with Crippen molar-refractivity contribution >= 4 is 12.1 Å². The van der Waals surface area contributed by atoms with E-state index in [9.17, 15) is 9.90 Å². The van der Waals surface area contributed by atoms with Crippen molar-refractivity contribution in [1.82, 2.24) is 5.43 Å². The van der Waals surface area contributed by atoms with Crippen LogP contribution in [0.25, 0.3) is 0 Å². The zero-order chi connectivity index (χ0) is 20.5. The highest BCUT2D eigenvalue weighted by Crippen LogP contribution is 2.15. The number of benzene rings is 3. The lowest BCUT2D eigenvalue weighted by Gasteiger charge is -2.09. The molecule has 6 heteroatoms. The number of rotatable bonds is 7. The molecule has 2 N–H and O–H groups in total. The number of nitrogens with one attached hydrogen (secondary N) is 1. The van der Waals surface area contributed by atoms with Gasteiger partial charge < -0.3 is 9.84 Å². The van der Waals surface area contributed by atoms with E-state index in [2.05, 4.69) is 16.6 Å². The number of carbonyl (C=O) groups excluding carboxylic acids is 1. The lowest BCUT2D eigenvalue weighted by atomic mass is 10.1. The van der Waals surface area contributed by atoms with Gasteiger partial charge in [0.15, 0.2) is 6.10 Å². The summed E-state index contributed by atoms with van der Waals surface area (Å²) in [6, 6.07) is 25.2. The maximum absolute atomic E-state index is 11.9. The van der Waals surface area contributed by atoms with Crippen LogP contribution in [0.4, 0.5) is 0 Å². The van der Waals surface area contributed by atoms with Gasteiger partial charge in [-0.15, -0.1) is 0 Å². The normalized spacial score (nSPS) is 11.6. The highest BCUT2D eigenvalue weighted by molar-refractivity contribution is 5.85. The van der Waals surface area contributed by atoms with Crippen molar-refractivity contribution in [3.05, 3.63) is 101 Å². The fourth-order valence-electron chi connectivity index (χ4n) is 2.58. The SMILES string of the molecule is N#Cc1ccccc1COc1ccc(/C=N\NC(=O)[C@H](O)c2ccccc2)cc1. The average Bonchev–Trinajstić information content (AvgIpc) is 2.78. The van der Waals surface area contributed by atoms with Gasteiger partial charge in [0, 0.05) is 5.56 Å². The Bertz CT molecular complexity index is 1030. The summed E-state index contributed by atoms with van der Waals surface area (Å²) in [5.74, 6) is 0.0435. The largest absolute Gasteiger partial charge is 0.489 e. The predicted molar refractivity (Wildman–Crippen MR) is 109 cm³/mol. The fraction of sp³-hybridized carbons (Fsp3) is 0.0870. The van der Waals surface area contributed by atoms with Crippen molar-refractivity contribution in [2.45, 2.75) is 12.7 Å². The van der Waals surface area contributed by atoms with Crippen LogP contribution in [-0.4, -0.2) is 17.2 Å². The Hall–Kier alpha value is -3.95. The van der Waals surface area contributed by atoms with E-state index in [-0.39, 0.29) is 0 Å². The number of aliphatic hydroxyl groups excluding tert-OH is 1. The van der Waals surface area contributed by atoms with Crippen LogP contribution in [0.15, 0.2) is 84.0 Å². The number of aliphatic hydroxyl groups is 1. The summed E-state index contributed by atoms with van der Waals surface area (Å²) >= 11 is 0. The summed E-state index contributed by atoms with van der Waals surface area (Å²) in [6.07, 6.45) is 0.199. The summed E-state index contributed by atoms with van der Waals surface area (Å²) in [4.78, 5) is 11.9. The first-order valence-corrected chi connectivity index (χ1v) is 8.94. The summed E-state index contributed by atoms with van der Waals surface area (Å²) in [7, 11) is 0. The van der Waals surface area contributed by atoms with E-state index in [0.29, 0.717) is 23.5 Å². The molecular formula is C23H19N3O3. The second-order valence-corrected chi connectivity index (χ2v) is 6.17. The average molecular weight is 385 g/mol. The molecule has 29 heavy (non-hydrogen) atoms. The Morgan fingerprint density at radius 3 is 2.48 bits per heavy atom. The van der Waals surface area contributed by atoms with Crippen molar-refractivity contribution in [3.8, 4) is 11.8 Å². The Morgan fingerprint density at radius 1 is 1.07 bits per heavy atom. The molecule has 0 unspecified atom stereocenters. The van der Waals surface area contributed by atoms with Crippen molar-refractivity contribution in [3.63, 3.8) is 0 Å². The van der Waals surface area contributed by atoms with Gasteiger partial charge in [0.25, 0.3) is 5.91 Å². The van der Waals surface area contributed by atoms with Gasteiger partial charge in [0.1, 0.15) is 12.4 Å². The molecule has 0 spiro atoms. The topological polar surface area (TPSA) is 94.7 Å². The minimum absolute atomic E-state index is 0.296. The number of hydrogen-bond acceptors (Lipinski definition) is 5. The summed E-state index contributed by atoms with van der Waals surface area (Å²) < 4.78 is 5.71. The van der Waals surface area contributed by atoms with Gasteiger partial charge in [-0.2, -0.15) is 10.4 Å². The first-order valence-electron chi connectivity index (χ1n) is 8.94. The fourth-order valence-corrected chi connectivity index (χ4v) is 2.58. The zero-order valence-electron chi connectivity index (χ0n) is 15.5. The lowest BCUT2D eigenvalue weighted by Crippen LogP contribution is -2.25. The number of amides is 1. The predicted octanol–water partition coefficient (Wildman–Crippen LogP) is 3.32. The number of nitrogens with zero attached hydrogens (tertiary/aromatic N) is 2. The minimum atomic E-state index is -1.28. The number of hydrazone groups is 1. The van der Waals surface area contributed by atoms with Crippen LogP contribution in [0.1, 0.15) is 28.4 Å². The minimum Gasteiger partial charge on any atom is -0.489 e. The zero-order valence-corrected chi connectivity index (χ0v) is 15.5. The van der Waals surface area contributed by atoms with E-state index >= 15 is 0 Å². The first-order chi connectivity index (χ1) is 14.2. The standard InChI is InChI=1S/C23H19N3O3/c24-14-19-8-4-5-9-20(19)16-29-21-12-10-17(11-13-21)15-25-26-23(28)22(27)18-6-2-1-3-7-18/h1-13,15,22,27H,16H2,(H,26,28)/b25-15-/t22-/m1/s1. The molecule has 0 radical (unpaired) electrons. The van der Waals surface area contributed by atoms with Crippen LogP contribution in [-0.2, 0) is 11.4 Å². The number of ether oxygens (including phenoxy) is 1. The molecule has 0 fully saturated rings. The number of carbonyl (C=O) groups is 1. The van der Waals surface area contributed by atoms with E-state index in [0.717, 1.165) is 11.1 Å². The van der Waals surface area contributed by atoms with Crippen LogP contribution in [0.5, 0.6) is 5.75 Å². The van der Waals surface area contributed by atoms with Gasteiger partial charge in [0.2, 0.25) is 0 Å². The van der Waals surface area contributed by atoms with Gasteiger partial charge in [-0.25, -0.2) is 5.43 Å². The third-order valence-electron chi connectivity index (χ3n) is 4.16.